The number of aliphatic hydroxyl groups is 3. The van der Waals surface area contributed by atoms with Crippen molar-refractivity contribution in [2.45, 2.75) is 54.4 Å². The number of benzene rings is 5. The Labute approximate surface area is 583 Å². The zero-order chi connectivity index (χ0) is 82.1. The van der Waals surface area contributed by atoms with Gasteiger partial charge in [-0.2, -0.15) is 0 Å². The number of rotatable bonds is 6. The highest BCUT2D eigenvalue weighted by molar-refractivity contribution is 9.09. The summed E-state index contributed by atoms with van der Waals surface area (Å²) in [5.74, 6) is -2.35. The van der Waals surface area contributed by atoms with E-state index >= 15 is 0 Å². The Bertz CT molecular complexity index is 4820. The summed E-state index contributed by atoms with van der Waals surface area (Å²) in [6.45, 7) is 10.5. The number of fused-ring (bicyclic) bond motifs is 3. The molecule has 0 spiro atoms. The van der Waals surface area contributed by atoms with Gasteiger partial charge in [0.1, 0.15) is 45.6 Å². The van der Waals surface area contributed by atoms with Crippen molar-refractivity contribution >= 4 is 144 Å². The number of aryl methyl sites for hydroxylation is 4. The average molecular weight is 1430 g/mol. The summed E-state index contributed by atoms with van der Waals surface area (Å²) in [6.07, 6.45) is 4.93. The largest absolute Gasteiger partial charge is 0.643 e. The first-order valence-electron chi connectivity index (χ1n) is 34.4. The maximum absolute atomic E-state index is 12.9. The molecule has 15 nitrogen and oxygen atoms in total. The van der Waals surface area contributed by atoms with Gasteiger partial charge < -0.3 is 43.9 Å². The molecule has 11 rings (SSSR count). The SMILES string of the molecule is CC(=O)CBr.CO.Cc1ccc(C(=O)Cl)cc1.Cl.[2H]C1=C([2H])C([2H])=C([2H])C(=CO)C1=O.[2H]C1=C([2H])C([2H])=c2oc(=C(C)O)cc2C1=O.[2H]c1c([2H])c([2H])c(O)c([2H])c1[2H].[2H]c1c([2H])c([2H])c2c(C(=O)c3ccc(C)cc3)c(CC)oc2c1O.[2H]c1c([2H])c([2H])c2oc(CC)cc2c1O.[Cl][Al]([Cl])[Cl].c1ccncc1. The molecule has 0 amide bonds. The van der Waals surface area contributed by atoms with Crippen molar-refractivity contribution in [3.8, 4) is 17.2 Å². The molecule has 2 aliphatic carbocycles. The third-order valence-corrected chi connectivity index (χ3v) is 11.2. The van der Waals surface area contributed by atoms with Crippen LogP contribution in [-0.2, 0) is 22.4 Å². The molecule has 0 saturated heterocycles. The molecule has 2 aliphatic rings. The number of nitrogens with zero attached hydrogens (tertiary/aromatic N) is 1. The van der Waals surface area contributed by atoms with Crippen LogP contribution < -0.4 is 10.8 Å². The molecule has 5 aromatic carbocycles. The Morgan fingerprint density at radius 2 is 1.23 bits per heavy atom. The number of aromatic hydroxyl groups is 3. The van der Waals surface area contributed by atoms with Gasteiger partial charge in [-0.3, -0.25) is 29.0 Å². The number of carbonyl (C=O) groups is 5. The van der Waals surface area contributed by atoms with Crippen LogP contribution in [0.1, 0.15) is 112 Å². The predicted molar refractivity (Wildman–Crippen MR) is 368 cm³/mol. The van der Waals surface area contributed by atoms with Crippen molar-refractivity contribution in [2.75, 3.05) is 12.4 Å². The Morgan fingerprint density at radius 1 is 0.689 bits per heavy atom. The van der Waals surface area contributed by atoms with Crippen molar-refractivity contribution in [2.24, 2.45) is 0 Å². The fraction of sp³-hybridized carbons (Fsp3) is 0.147. The van der Waals surface area contributed by atoms with Crippen LogP contribution in [0, 0.1) is 13.8 Å². The number of aromatic nitrogens is 1. The van der Waals surface area contributed by atoms with Crippen molar-refractivity contribution in [3.63, 3.8) is 0 Å². The van der Waals surface area contributed by atoms with Gasteiger partial charge in [0.2, 0.25) is 0 Å². The first-order valence-corrected chi connectivity index (χ1v) is 32.1. The van der Waals surface area contributed by atoms with Crippen molar-refractivity contribution in [1.82, 2.24) is 4.98 Å². The Balaban J connectivity index is 0.000000630. The van der Waals surface area contributed by atoms with Gasteiger partial charge >= 0.3 is 11.4 Å². The number of allylic oxidation sites excluding steroid dienone is 7. The highest BCUT2D eigenvalue weighted by atomic mass is 79.9. The Kier molecular flexibility index (Phi) is 26.6. The lowest BCUT2D eigenvalue weighted by molar-refractivity contribution is -0.114. The fourth-order valence-electron chi connectivity index (χ4n) is 6.10. The van der Waals surface area contributed by atoms with Gasteiger partial charge in [0, 0.05) is 48.9 Å². The molecule has 0 fully saturated rings. The fourth-order valence-corrected chi connectivity index (χ4v) is 6.22. The summed E-state index contributed by atoms with van der Waals surface area (Å²) in [5.41, 5.74) is 3.09. The highest BCUT2D eigenvalue weighted by Gasteiger charge is 2.22. The Morgan fingerprint density at radius 3 is 1.73 bits per heavy atom. The van der Waals surface area contributed by atoms with Gasteiger partial charge in [-0.25, -0.2) is 30.1 Å². The molecular formula is C68H68AlBrCl5NO14. The highest BCUT2D eigenvalue weighted by Crippen LogP contribution is 2.34. The summed E-state index contributed by atoms with van der Waals surface area (Å²) in [5, 5.41) is 54.0. The summed E-state index contributed by atoms with van der Waals surface area (Å²) >= 11 is 6.46. The van der Waals surface area contributed by atoms with Crippen LogP contribution in [0.15, 0.2) is 219 Å². The monoisotopic (exact) mass is 1420 g/mol. The first-order chi connectivity index (χ1) is 50.0. The topological polar surface area (TPSA) is 259 Å². The number of hydrogen-bond donors (Lipinski definition) is 6. The molecule has 0 aliphatic heterocycles. The molecule has 0 unspecified atom stereocenters. The second-order valence-electron chi connectivity index (χ2n) is 16.6. The number of phenols is 3. The van der Waals surface area contributed by atoms with Gasteiger partial charge in [-0.05, 0) is 130 Å². The zero-order valence-corrected chi connectivity index (χ0v) is 55.2. The number of alkyl halides is 1. The Hall–Kier alpha value is -7.92. The van der Waals surface area contributed by atoms with E-state index in [-0.39, 0.29) is 104 Å². The summed E-state index contributed by atoms with van der Waals surface area (Å²) < 4.78 is 148. The molecule has 9 aromatic rings. The summed E-state index contributed by atoms with van der Waals surface area (Å²) in [6, 6.07) is 14.5. The van der Waals surface area contributed by atoms with Crippen LogP contribution in [0.4, 0.5) is 0 Å². The normalized spacial score (nSPS) is 15.1. The van der Waals surface area contributed by atoms with E-state index in [1.165, 1.54) is 19.9 Å². The molecule has 4 aromatic heterocycles. The van der Waals surface area contributed by atoms with E-state index in [0.29, 0.717) is 52.5 Å². The number of halogens is 6. The molecule has 0 atom stereocenters. The van der Waals surface area contributed by atoms with Crippen molar-refractivity contribution < 1.29 is 92.5 Å². The number of para-hydroxylation sites is 2. The van der Waals surface area contributed by atoms with Crippen molar-refractivity contribution in [3.05, 3.63) is 262 Å². The molecule has 6 N–H and O–H groups in total. The van der Waals surface area contributed by atoms with E-state index in [2.05, 4.69) is 20.9 Å². The number of furan rings is 3. The van der Waals surface area contributed by atoms with Crippen LogP contribution in [0.5, 0.6) is 17.2 Å². The molecule has 0 saturated carbocycles. The molecular weight excluding hydrogens is 1340 g/mol. The lowest BCUT2D eigenvalue weighted by Crippen LogP contribution is -2.11. The third-order valence-electron chi connectivity index (χ3n) is 10.2. The van der Waals surface area contributed by atoms with Crippen LogP contribution in [-0.4, -0.2) is 87.8 Å². The van der Waals surface area contributed by atoms with Gasteiger partial charge in [-0.1, -0.05) is 138 Å². The van der Waals surface area contributed by atoms with Crippen molar-refractivity contribution in [1.29, 1.82) is 0 Å². The minimum absolute atomic E-state index is 0. The van der Waals surface area contributed by atoms with E-state index in [0.717, 1.165) is 18.2 Å². The minimum Gasteiger partial charge on any atom is -0.515 e. The second kappa shape index (κ2) is 44.5. The minimum atomic E-state index is -1.72. The quantitative estimate of drug-likeness (QED) is 0.0226. The zero-order valence-electron chi connectivity index (χ0n) is 66.6. The molecule has 474 valence electrons. The van der Waals surface area contributed by atoms with E-state index in [9.17, 15) is 39.3 Å². The number of aliphatic hydroxyl groups excluding tert-OH is 3. The summed E-state index contributed by atoms with van der Waals surface area (Å²) in [7, 11) is 15.8. The number of ketones is 4. The molecule has 0 bridgehead atoms. The maximum Gasteiger partial charge on any atom is 0.643 e. The third kappa shape index (κ3) is 29.1. The van der Waals surface area contributed by atoms with E-state index in [1.807, 2.05) is 63.2 Å². The average Bonchev–Trinajstić information content (AvgIpc) is 1.59. The molecule has 22 heteroatoms. The van der Waals surface area contributed by atoms with Gasteiger partial charge in [-0.15, -0.1) is 12.4 Å². The van der Waals surface area contributed by atoms with Gasteiger partial charge in [0.05, 0.1) is 58.4 Å². The number of carbonyl (C=O) groups excluding carboxylic acids is 5. The number of Topliss-reactive ketones (excluding diaryl/α,β-unsaturated/α-hetero) is 1. The molecule has 4 heterocycles. The maximum atomic E-state index is 12.9. The lowest BCUT2D eigenvalue weighted by Gasteiger charge is -2.02. The van der Waals surface area contributed by atoms with Gasteiger partial charge in [0.15, 0.2) is 34.1 Å². The van der Waals surface area contributed by atoms with Gasteiger partial charge in [0.25, 0.3) is 5.24 Å². The summed E-state index contributed by atoms with van der Waals surface area (Å²) in [4.78, 5) is 59.7. The van der Waals surface area contributed by atoms with Crippen LogP contribution in [0.2, 0.25) is 0 Å². The number of pyridine rings is 1. The van der Waals surface area contributed by atoms with Crippen LogP contribution in [0.3, 0.4) is 0 Å². The standard InChI is InChI=1S/C18H16O3.C10H8O3.C10H10O2.C8H7ClO.C7H6O2.C6H6O.C5H5N.C3H5BrO.CH4O.Al.4ClH/c1-3-15-16(13-5-4-6-14(19)18(13)21-15)17(20)12-9-7-11(2)8-10-12;1-6(11)10-5-7-8(12)3-2-4-9(7)13-10;1-2-7-6-8-9(11)4-3-5-10(8)12-7;1-6-2-4-7(5-3-6)8(9)10;8-5-6-3-1-2-4-7(6)9;7-6-4-2-1-3-5-6;1-2-4-6-5-3-1;1-3(5)2-4;1-2;;;;;/h4-10,19H,3H2,1-2H3;2-5,11H,1H3;3-6,11H,2H2,1H3;2-5H,1H3;1-5,8H;1-5,7H;1-5H;2H2,1H3;2H,1H3;;4*1H/q;;;;;;;;;+3;;;;/p-3/i4D,5D,6D;2D,3D,4D;3D,4D,5D;;1D,2D,3D,4D;1D,2D,3D,4D,5D;;;;;;;;. The predicted octanol–water partition coefficient (Wildman–Crippen LogP) is 16.1. The van der Waals surface area contributed by atoms with E-state index < -0.39 is 124 Å². The lowest BCUT2D eigenvalue weighted by atomic mass is 9.98. The van der Waals surface area contributed by atoms with E-state index in [4.69, 9.17) is 95.0 Å². The smallest absolute Gasteiger partial charge is 0.515 e. The number of hydrogen-bond acceptors (Lipinski definition) is 15. The molecule has 0 radical (unpaired) electrons. The first kappa shape index (κ1) is 53.9. The second-order valence-corrected chi connectivity index (χ2v) is 24.0. The van der Waals surface area contributed by atoms with Crippen LogP contribution in [0.25, 0.3) is 33.7 Å². The van der Waals surface area contributed by atoms with E-state index in [1.54, 1.807) is 49.6 Å². The molecule has 90 heavy (non-hydrogen) atoms. The van der Waals surface area contributed by atoms with Crippen LogP contribution >= 0.6 is 70.1 Å². The number of phenolic OH excluding ortho intramolecular Hbond substituents is 3.